The molecule has 2 aromatic rings. The Morgan fingerprint density at radius 1 is 0.893 bits per heavy atom. The number of nitrogens with zero attached hydrogens (tertiary/aromatic N) is 3. The number of aromatic nitrogens is 2. The normalized spacial score (nSPS) is 18.1. The van der Waals surface area contributed by atoms with Crippen molar-refractivity contribution in [2.45, 2.75) is 22.5 Å². The number of aromatic amines is 1. The topological polar surface area (TPSA) is 103 Å². The van der Waals surface area contributed by atoms with E-state index in [9.17, 15) is 30.0 Å². The lowest BCUT2D eigenvalue weighted by Crippen LogP contribution is -2.37. The van der Waals surface area contributed by atoms with E-state index in [0.29, 0.717) is 12.1 Å². The van der Waals surface area contributed by atoms with Gasteiger partial charge < -0.3 is 4.98 Å². The Hall–Kier alpha value is -1.96. The standard InChI is InChI=1S/C15H17F3N4O4S2/c16-15(17,18)12-2-4-13(5-3-12)27(23,24)21-6-1-7-22(9-8-21)28(25,26)14-10-19-11-20-14/h2-5,10-11H,1,6-9H2,(H,19,20). The van der Waals surface area contributed by atoms with E-state index in [1.165, 1.54) is 6.33 Å². The predicted molar refractivity (Wildman–Crippen MR) is 92.2 cm³/mol. The molecular formula is C15H17F3N4O4S2. The van der Waals surface area contributed by atoms with E-state index in [4.69, 9.17) is 0 Å². The van der Waals surface area contributed by atoms with Crippen LogP contribution in [0.4, 0.5) is 13.2 Å². The Morgan fingerprint density at radius 3 is 1.96 bits per heavy atom. The molecule has 0 radical (unpaired) electrons. The molecule has 2 heterocycles. The number of benzene rings is 1. The van der Waals surface area contributed by atoms with Gasteiger partial charge in [-0.1, -0.05) is 0 Å². The van der Waals surface area contributed by atoms with Gasteiger partial charge in [0.2, 0.25) is 10.0 Å². The molecule has 13 heteroatoms. The zero-order valence-corrected chi connectivity index (χ0v) is 16.1. The predicted octanol–water partition coefficient (Wildman–Crippen LogP) is 1.51. The van der Waals surface area contributed by atoms with Crippen LogP contribution in [0, 0.1) is 0 Å². The van der Waals surface area contributed by atoms with Crippen molar-refractivity contribution in [1.29, 1.82) is 0 Å². The van der Waals surface area contributed by atoms with Crippen LogP contribution in [0.5, 0.6) is 0 Å². The van der Waals surface area contributed by atoms with Gasteiger partial charge in [-0.15, -0.1) is 0 Å². The van der Waals surface area contributed by atoms with Crippen molar-refractivity contribution in [3.8, 4) is 0 Å². The molecule has 1 N–H and O–H groups in total. The first-order chi connectivity index (χ1) is 13.0. The van der Waals surface area contributed by atoms with Crippen molar-refractivity contribution in [3.63, 3.8) is 0 Å². The Bertz CT molecular complexity index is 1020. The molecule has 154 valence electrons. The van der Waals surface area contributed by atoms with Crippen LogP contribution in [0.2, 0.25) is 0 Å². The van der Waals surface area contributed by atoms with Gasteiger partial charge in [-0.3, -0.25) is 0 Å². The van der Waals surface area contributed by atoms with Crippen LogP contribution in [0.1, 0.15) is 12.0 Å². The Balaban J connectivity index is 1.78. The molecule has 28 heavy (non-hydrogen) atoms. The third kappa shape index (κ3) is 4.06. The maximum Gasteiger partial charge on any atom is 0.416 e. The second-order valence-electron chi connectivity index (χ2n) is 6.10. The number of imidazole rings is 1. The Labute approximate surface area is 160 Å². The lowest BCUT2D eigenvalue weighted by molar-refractivity contribution is -0.137. The zero-order valence-electron chi connectivity index (χ0n) is 14.4. The third-order valence-corrected chi connectivity index (χ3v) is 8.06. The van der Waals surface area contributed by atoms with Gasteiger partial charge in [-0.05, 0) is 30.7 Å². The summed E-state index contributed by atoms with van der Waals surface area (Å²) in [6.07, 6.45) is -1.93. The average Bonchev–Trinajstić information content (AvgIpc) is 3.05. The van der Waals surface area contributed by atoms with Crippen LogP contribution in [0.15, 0.2) is 46.7 Å². The number of halogens is 3. The van der Waals surface area contributed by atoms with Crippen molar-refractivity contribution in [1.82, 2.24) is 18.6 Å². The maximum absolute atomic E-state index is 12.7. The highest BCUT2D eigenvalue weighted by atomic mass is 32.2. The van der Waals surface area contributed by atoms with Gasteiger partial charge in [0.25, 0.3) is 10.0 Å². The molecule has 1 aliphatic rings. The fourth-order valence-electron chi connectivity index (χ4n) is 2.84. The van der Waals surface area contributed by atoms with E-state index in [2.05, 4.69) is 9.97 Å². The number of hydrogen-bond donors (Lipinski definition) is 1. The van der Waals surface area contributed by atoms with Gasteiger partial charge >= 0.3 is 6.18 Å². The SMILES string of the molecule is O=S(=O)(c1ccc(C(F)(F)F)cc1)N1CCCN(S(=O)(=O)c2cnc[nH]2)CC1. The monoisotopic (exact) mass is 438 g/mol. The van der Waals surface area contributed by atoms with E-state index in [1.54, 1.807) is 0 Å². The molecule has 1 aliphatic heterocycles. The van der Waals surface area contributed by atoms with Crippen LogP contribution in [-0.2, 0) is 26.2 Å². The second kappa shape index (κ2) is 7.46. The van der Waals surface area contributed by atoms with Crippen LogP contribution in [-0.4, -0.2) is 61.6 Å². The largest absolute Gasteiger partial charge is 0.416 e. The van der Waals surface area contributed by atoms with Gasteiger partial charge in [0.15, 0.2) is 5.03 Å². The van der Waals surface area contributed by atoms with Crippen molar-refractivity contribution in [2.24, 2.45) is 0 Å². The number of H-pyrrole nitrogens is 1. The van der Waals surface area contributed by atoms with Crippen molar-refractivity contribution in [2.75, 3.05) is 26.2 Å². The average molecular weight is 438 g/mol. The summed E-state index contributed by atoms with van der Waals surface area (Å²) in [5, 5.41) is -0.0912. The summed E-state index contributed by atoms with van der Waals surface area (Å²) >= 11 is 0. The summed E-state index contributed by atoms with van der Waals surface area (Å²) in [6.45, 7) is -0.0311. The first-order valence-corrected chi connectivity index (χ1v) is 11.1. The summed E-state index contributed by atoms with van der Waals surface area (Å²) in [7, 11) is -7.87. The van der Waals surface area contributed by atoms with E-state index >= 15 is 0 Å². The Morgan fingerprint density at radius 2 is 1.46 bits per heavy atom. The second-order valence-corrected chi connectivity index (χ2v) is 9.94. The maximum atomic E-state index is 12.7. The van der Waals surface area contributed by atoms with Crippen molar-refractivity contribution in [3.05, 3.63) is 42.4 Å². The Kier molecular flexibility index (Phi) is 5.53. The zero-order chi connectivity index (χ0) is 20.6. The molecular weight excluding hydrogens is 421 g/mol. The van der Waals surface area contributed by atoms with E-state index in [1.807, 2.05) is 0 Å². The van der Waals surface area contributed by atoms with E-state index in [0.717, 1.165) is 26.9 Å². The molecule has 3 rings (SSSR count). The molecule has 0 aliphatic carbocycles. The van der Waals surface area contributed by atoms with Gasteiger partial charge in [-0.25, -0.2) is 21.8 Å². The van der Waals surface area contributed by atoms with Crippen molar-refractivity contribution >= 4 is 20.0 Å². The first-order valence-electron chi connectivity index (χ1n) is 8.19. The smallest absolute Gasteiger partial charge is 0.335 e. The number of rotatable bonds is 4. The van der Waals surface area contributed by atoms with E-state index < -0.39 is 31.8 Å². The number of nitrogens with one attached hydrogen (secondary N) is 1. The van der Waals surface area contributed by atoms with Crippen LogP contribution in [0.3, 0.4) is 0 Å². The van der Waals surface area contributed by atoms with Gasteiger partial charge in [0, 0.05) is 26.2 Å². The molecule has 0 saturated carbocycles. The molecule has 0 atom stereocenters. The summed E-state index contributed by atoms with van der Waals surface area (Å²) in [4.78, 5) is 5.92. The molecule has 8 nitrogen and oxygen atoms in total. The molecule has 1 aromatic heterocycles. The summed E-state index contributed by atoms with van der Waals surface area (Å²) < 4.78 is 90.8. The summed E-state index contributed by atoms with van der Waals surface area (Å²) in [5.74, 6) is 0. The van der Waals surface area contributed by atoms with Crippen LogP contribution in [0.25, 0.3) is 0 Å². The lowest BCUT2D eigenvalue weighted by Gasteiger charge is -2.21. The van der Waals surface area contributed by atoms with Crippen LogP contribution >= 0.6 is 0 Å². The van der Waals surface area contributed by atoms with E-state index in [-0.39, 0.29) is 42.5 Å². The molecule has 1 saturated heterocycles. The minimum absolute atomic E-state index is 0.0539. The number of alkyl halides is 3. The van der Waals surface area contributed by atoms with Gasteiger partial charge in [0.1, 0.15) is 0 Å². The minimum atomic E-state index is -4.56. The summed E-state index contributed by atoms with van der Waals surface area (Å²) in [5.41, 5.74) is -0.945. The van der Waals surface area contributed by atoms with Gasteiger partial charge in [0.05, 0.1) is 23.0 Å². The summed E-state index contributed by atoms with van der Waals surface area (Å²) in [6, 6.07) is 3.23. The van der Waals surface area contributed by atoms with Gasteiger partial charge in [-0.2, -0.15) is 21.8 Å². The lowest BCUT2D eigenvalue weighted by atomic mass is 10.2. The first kappa shape index (κ1) is 20.8. The molecule has 0 spiro atoms. The molecule has 0 amide bonds. The molecule has 1 aromatic carbocycles. The highest BCUT2D eigenvalue weighted by Crippen LogP contribution is 2.30. The molecule has 1 fully saturated rings. The third-order valence-electron chi connectivity index (χ3n) is 4.32. The fraction of sp³-hybridized carbons (Fsp3) is 0.400. The quantitative estimate of drug-likeness (QED) is 0.780. The highest BCUT2D eigenvalue weighted by Gasteiger charge is 2.34. The minimum Gasteiger partial charge on any atom is -0.335 e. The number of hydrogen-bond acceptors (Lipinski definition) is 5. The molecule has 0 unspecified atom stereocenters. The van der Waals surface area contributed by atoms with Crippen LogP contribution < -0.4 is 0 Å². The highest BCUT2D eigenvalue weighted by molar-refractivity contribution is 7.89. The number of sulfonamides is 2. The fourth-order valence-corrected chi connectivity index (χ4v) is 5.67. The van der Waals surface area contributed by atoms with Crippen molar-refractivity contribution < 1.29 is 30.0 Å². The molecule has 0 bridgehead atoms.